The number of aryl methyl sites for hydroxylation is 2. The van der Waals surface area contributed by atoms with E-state index in [0.29, 0.717) is 19.5 Å². The quantitative estimate of drug-likeness (QED) is 0.745. The lowest BCUT2D eigenvalue weighted by molar-refractivity contribution is -0.137. The predicted molar refractivity (Wildman–Crippen MR) is 117 cm³/mol. The van der Waals surface area contributed by atoms with Gasteiger partial charge >= 0.3 is 0 Å². The maximum Gasteiger partial charge on any atom is 0.280 e. The molecule has 2 aliphatic rings. The molecule has 0 saturated carbocycles. The van der Waals surface area contributed by atoms with Gasteiger partial charge in [0, 0.05) is 58.6 Å². The van der Waals surface area contributed by atoms with Gasteiger partial charge in [-0.15, -0.1) is 0 Å². The van der Waals surface area contributed by atoms with Crippen LogP contribution in [0.4, 0.5) is 0 Å². The molecular weight excluding hydrogens is 416 g/mol. The van der Waals surface area contributed by atoms with Crippen LogP contribution in [0, 0.1) is 6.92 Å². The number of carbonyl (C=O) groups excluding carboxylic acids is 1. The molecule has 2 fully saturated rings. The van der Waals surface area contributed by atoms with Crippen molar-refractivity contribution >= 4 is 16.1 Å². The molecule has 1 N–H and O–H groups in total. The summed E-state index contributed by atoms with van der Waals surface area (Å²) in [6.07, 6.45) is 2.20. The molecule has 31 heavy (non-hydrogen) atoms. The Morgan fingerprint density at radius 2 is 1.81 bits per heavy atom. The van der Waals surface area contributed by atoms with Crippen LogP contribution in [0.1, 0.15) is 29.3 Å². The summed E-state index contributed by atoms with van der Waals surface area (Å²) >= 11 is 0. The predicted octanol–water partition coefficient (Wildman–Crippen LogP) is 0.653. The third kappa shape index (κ3) is 4.67. The van der Waals surface area contributed by atoms with E-state index in [1.807, 2.05) is 31.3 Å². The lowest BCUT2D eigenvalue weighted by Crippen LogP contribution is -2.60. The molecule has 0 unspecified atom stereocenters. The minimum Gasteiger partial charge on any atom is -0.339 e. The van der Waals surface area contributed by atoms with Gasteiger partial charge in [0.25, 0.3) is 10.2 Å². The van der Waals surface area contributed by atoms with Gasteiger partial charge in [-0.2, -0.15) is 22.5 Å². The highest BCUT2D eigenvalue weighted by molar-refractivity contribution is 7.87. The van der Waals surface area contributed by atoms with E-state index in [1.54, 1.807) is 16.6 Å². The molecule has 2 atom stereocenters. The van der Waals surface area contributed by atoms with Crippen molar-refractivity contribution in [2.45, 2.75) is 32.0 Å². The van der Waals surface area contributed by atoms with Crippen molar-refractivity contribution in [2.75, 3.05) is 33.2 Å². The largest absolute Gasteiger partial charge is 0.339 e. The van der Waals surface area contributed by atoms with Gasteiger partial charge < -0.3 is 4.90 Å². The van der Waals surface area contributed by atoms with Gasteiger partial charge in [0.05, 0.1) is 11.7 Å². The second kappa shape index (κ2) is 8.70. The maximum absolute atomic E-state index is 13.3. The van der Waals surface area contributed by atoms with E-state index in [0.717, 1.165) is 30.9 Å². The fraction of sp³-hybridized carbons (Fsp3) is 0.524. The van der Waals surface area contributed by atoms with E-state index in [1.165, 1.54) is 16.9 Å². The van der Waals surface area contributed by atoms with Gasteiger partial charge in [0.2, 0.25) is 5.91 Å². The first-order chi connectivity index (χ1) is 14.7. The number of aromatic nitrogens is 2. The van der Waals surface area contributed by atoms with Crippen LogP contribution in [-0.4, -0.2) is 77.5 Å². The molecule has 0 spiro atoms. The number of rotatable bonds is 4. The molecule has 0 bridgehead atoms. The third-order valence-corrected chi connectivity index (χ3v) is 7.81. The number of piperazine rings is 1. The van der Waals surface area contributed by atoms with E-state index in [4.69, 9.17) is 0 Å². The molecule has 2 aromatic rings. The van der Waals surface area contributed by atoms with Gasteiger partial charge in [0.1, 0.15) is 6.04 Å². The summed E-state index contributed by atoms with van der Waals surface area (Å²) in [5.74, 6) is -0.126. The second-order valence-corrected chi connectivity index (χ2v) is 10.1. The number of nitrogens with one attached hydrogen (secondary N) is 1. The summed E-state index contributed by atoms with van der Waals surface area (Å²) in [6.45, 7) is 5.44. The molecule has 9 nitrogen and oxygen atoms in total. The van der Waals surface area contributed by atoms with E-state index >= 15 is 0 Å². The Morgan fingerprint density at radius 1 is 1.13 bits per heavy atom. The lowest BCUT2D eigenvalue weighted by atomic mass is 9.99. The normalized spacial score (nSPS) is 24.9. The van der Waals surface area contributed by atoms with Crippen molar-refractivity contribution in [3.63, 3.8) is 0 Å². The smallest absolute Gasteiger partial charge is 0.280 e. The zero-order valence-electron chi connectivity index (χ0n) is 18.2. The molecule has 1 aromatic heterocycles. The molecule has 4 rings (SSSR count). The second-order valence-electron chi connectivity index (χ2n) is 8.37. The van der Waals surface area contributed by atoms with Crippen LogP contribution in [0.5, 0.6) is 0 Å². The summed E-state index contributed by atoms with van der Waals surface area (Å²) in [7, 11) is -0.484. The van der Waals surface area contributed by atoms with Crippen LogP contribution in [0.3, 0.4) is 0 Å². The first-order valence-corrected chi connectivity index (χ1v) is 12.0. The Kier molecular flexibility index (Phi) is 6.16. The Labute approximate surface area is 183 Å². The van der Waals surface area contributed by atoms with Crippen molar-refractivity contribution in [1.29, 1.82) is 0 Å². The molecule has 10 heteroatoms. The minimum atomic E-state index is -3.76. The van der Waals surface area contributed by atoms with Crippen LogP contribution in [0.2, 0.25) is 0 Å². The van der Waals surface area contributed by atoms with Crippen LogP contribution in [0.15, 0.2) is 36.5 Å². The van der Waals surface area contributed by atoms with Crippen LogP contribution in [-0.2, 0) is 28.6 Å². The fourth-order valence-electron chi connectivity index (χ4n) is 4.44. The number of nitrogens with zero attached hydrogens (tertiary/aromatic N) is 5. The highest BCUT2D eigenvalue weighted by Gasteiger charge is 2.43. The number of likely N-dealkylation sites (N-methyl/N-ethyl adjacent to an activating group) is 1. The Bertz CT molecular complexity index is 1030. The summed E-state index contributed by atoms with van der Waals surface area (Å²) in [4.78, 5) is 17.5. The summed E-state index contributed by atoms with van der Waals surface area (Å²) in [5.41, 5.74) is 2.83. The summed E-state index contributed by atoms with van der Waals surface area (Å²) in [5, 5.41) is 4.32. The SMILES string of the molecule is Cc1nn(C)cc1[C@@H]1C[C@@H](C(=O)N2CCN(Cc3ccccc3)CC2)N(C)S(=O)(=O)N1. The Morgan fingerprint density at radius 3 is 2.42 bits per heavy atom. The van der Waals surface area contributed by atoms with E-state index < -0.39 is 22.3 Å². The number of benzene rings is 1. The molecular formula is C21H30N6O3S. The van der Waals surface area contributed by atoms with Crippen LogP contribution < -0.4 is 4.72 Å². The number of amides is 1. The van der Waals surface area contributed by atoms with E-state index in [2.05, 4.69) is 26.9 Å². The molecule has 3 heterocycles. The van der Waals surface area contributed by atoms with Crippen molar-refractivity contribution < 1.29 is 13.2 Å². The van der Waals surface area contributed by atoms with E-state index in [9.17, 15) is 13.2 Å². The first-order valence-electron chi connectivity index (χ1n) is 10.5. The highest BCUT2D eigenvalue weighted by Crippen LogP contribution is 2.30. The van der Waals surface area contributed by atoms with Crippen molar-refractivity contribution in [1.82, 2.24) is 28.6 Å². The number of hydrogen-bond donors (Lipinski definition) is 1. The van der Waals surface area contributed by atoms with Crippen molar-refractivity contribution in [2.24, 2.45) is 7.05 Å². The third-order valence-electron chi connectivity index (χ3n) is 6.21. The lowest BCUT2D eigenvalue weighted by Gasteiger charge is -2.41. The molecule has 0 radical (unpaired) electrons. The number of hydrogen-bond acceptors (Lipinski definition) is 5. The molecule has 1 amide bonds. The molecule has 0 aliphatic carbocycles. The van der Waals surface area contributed by atoms with Crippen molar-refractivity contribution in [3.8, 4) is 0 Å². The minimum absolute atomic E-state index is 0.126. The summed E-state index contributed by atoms with van der Waals surface area (Å²) in [6, 6.07) is 9.08. The van der Waals surface area contributed by atoms with Crippen LogP contribution in [0.25, 0.3) is 0 Å². The van der Waals surface area contributed by atoms with Gasteiger partial charge in [0.15, 0.2) is 0 Å². The van der Waals surface area contributed by atoms with Gasteiger partial charge in [-0.3, -0.25) is 14.4 Å². The Balaban J connectivity index is 1.44. The zero-order chi connectivity index (χ0) is 22.2. The molecule has 2 aliphatic heterocycles. The van der Waals surface area contributed by atoms with E-state index in [-0.39, 0.29) is 5.91 Å². The molecule has 168 valence electrons. The fourth-order valence-corrected chi connectivity index (χ4v) is 5.70. The molecule has 1 aromatic carbocycles. The molecule has 2 saturated heterocycles. The highest BCUT2D eigenvalue weighted by atomic mass is 32.2. The van der Waals surface area contributed by atoms with Crippen LogP contribution >= 0.6 is 0 Å². The zero-order valence-corrected chi connectivity index (χ0v) is 19.0. The average molecular weight is 447 g/mol. The topological polar surface area (TPSA) is 90.8 Å². The number of carbonyl (C=O) groups is 1. The Hall–Kier alpha value is -2.27. The van der Waals surface area contributed by atoms with Gasteiger partial charge in [-0.05, 0) is 18.9 Å². The average Bonchev–Trinajstić information content (AvgIpc) is 3.09. The first kappa shape index (κ1) is 21.9. The maximum atomic E-state index is 13.3. The van der Waals surface area contributed by atoms with Gasteiger partial charge in [-0.25, -0.2) is 0 Å². The monoisotopic (exact) mass is 446 g/mol. The van der Waals surface area contributed by atoms with Gasteiger partial charge in [-0.1, -0.05) is 30.3 Å². The standard InChI is InChI=1S/C21H30N6O3S/c1-16-18(15-24(2)22-16)19-13-20(25(3)31(29,30)23-19)21(28)27-11-9-26(10-12-27)14-17-7-5-4-6-8-17/h4-8,15,19-20,23H,9-14H2,1-3H3/t19-,20-/m0/s1. The van der Waals surface area contributed by atoms with Crippen molar-refractivity contribution in [3.05, 3.63) is 53.3 Å². The summed E-state index contributed by atoms with van der Waals surface area (Å²) < 4.78 is 31.0.